The number of hydrogen-bond acceptors (Lipinski definition) is 16. The maximum atomic E-state index is 14.6. The number of carbonyl (C=O) groups excluding carboxylic acids is 2. The molecule has 0 unspecified atom stereocenters. The molecule has 1 aromatic rings. The third-order valence-corrected chi connectivity index (χ3v) is 16.0. The minimum absolute atomic E-state index is 0.100. The molecule has 0 aromatic heterocycles. The van der Waals surface area contributed by atoms with Crippen LogP contribution in [0, 0.1) is 17.8 Å². The van der Waals surface area contributed by atoms with Gasteiger partial charge in [-0.2, -0.15) is 0 Å². The van der Waals surface area contributed by atoms with E-state index in [2.05, 4.69) is 27.5 Å². The molecule has 5 rings (SSSR count). The number of aliphatic hydroxyl groups is 4. The van der Waals surface area contributed by atoms with Gasteiger partial charge < -0.3 is 74.2 Å². The number of ether oxygens (including phenoxy) is 6. The molecule has 4 fully saturated rings. The molecule has 0 spiro atoms. The van der Waals surface area contributed by atoms with Gasteiger partial charge in [-0.1, -0.05) is 20.8 Å². The number of likely N-dealkylation sites (N-methyl/N-ethyl adjacent to an activating group) is 1. The second kappa shape index (κ2) is 23.4. The summed E-state index contributed by atoms with van der Waals surface area (Å²) in [4.78, 5) is 36.5. The van der Waals surface area contributed by atoms with E-state index in [1.54, 1.807) is 46.8 Å². The molecule has 18 nitrogen and oxygen atoms in total. The zero-order chi connectivity index (χ0) is 51.4. The lowest BCUT2D eigenvalue weighted by Crippen LogP contribution is -2.71. The summed E-state index contributed by atoms with van der Waals surface area (Å²) in [5.41, 5.74) is -4.32. The smallest absolute Gasteiger partial charge is 0.321 e. The van der Waals surface area contributed by atoms with E-state index < -0.39 is 89.4 Å². The number of nitrogens with one attached hydrogen (secondary N) is 2. The number of methoxy groups -OCH3 is 1. The fourth-order valence-electron chi connectivity index (χ4n) is 11.1. The third kappa shape index (κ3) is 13.5. The Balaban J connectivity index is 1.50. The molecule has 0 aliphatic carbocycles. The summed E-state index contributed by atoms with van der Waals surface area (Å²) in [6.45, 7) is 21.8. The SMILES string of the molecule is CC[C@H]1OC(=O)[C@H](C)[C@@H](O[C@H]2C[C@@](C)(OC)[C@](O)(CN3CCN(C)CC3)[C@H](C)O2)[C@H](C)[C@@H](O[C@H]2C[C@H](N(C)C(=O)Nc3ccc(N(C)C)cc3)C[C@@H](C)O2)[C@](C)(O)C[C@@H](C)CN[C@H](C)[C@@H](O)[C@]1(C)O. The Morgan fingerprint density at radius 3 is 2.14 bits per heavy atom. The van der Waals surface area contributed by atoms with Gasteiger partial charge in [-0.3, -0.25) is 9.69 Å². The van der Waals surface area contributed by atoms with Gasteiger partial charge in [0.05, 0.1) is 35.9 Å². The molecule has 17 atom stereocenters. The van der Waals surface area contributed by atoms with Crippen molar-refractivity contribution in [2.45, 2.75) is 185 Å². The number of piperazine rings is 1. The largest absolute Gasteiger partial charge is 0.459 e. The molecule has 69 heavy (non-hydrogen) atoms. The highest BCUT2D eigenvalue weighted by Crippen LogP contribution is 2.44. The summed E-state index contributed by atoms with van der Waals surface area (Å²) in [6.07, 6.45) is -6.10. The number of cyclic esters (lactones) is 1. The van der Waals surface area contributed by atoms with Gasteiger partial charge in [-0.15, -0.1) is 0 Å². The molecular weight excluding hydrogens is 889 g/mol. The van der Waals surface area contributed by atoms with Gasteiger partial charge in [0, 0.05) is 103 Å². The Kier molecular flexibility index (Phi) is 19.4. The van der Waals surface area contributed by atoms with Gasteiger partial charge in [-0.05, 0) is 112 Å². The number of urea groups is 1. The first-order valence-corrected chi connectivity index (χ1v) is 25.3. The van der Waals surface area contributed by atoms with Crippen LogP contribution in [-0.4, -0.2) is 205 Å². The summed E-state index contributed by atoms with van der Waals surface area (Å²) in [5.74, 6) is -2.67. The maximum Gasteiger partial charge on any atom is 0.321 e. The van der Waals surface area contributed by atoms with Gasteiger partial charge in [0.15, 0.2) is 12.6 Å². The molecule has 4 saturated heterocycles. The third-order valence-electron chi connectivity index (χ3n) is 16.0. The summed E-state index contributed by atoms with van der Waals surface area (Å²) < 4.78 is 39.5. The standard InChI is InChI=1S/C51H90N6O12/c1-16-40-50(10,62)44(58)35(6)52-29-31(2)27-48(8,61)45(69-41-26-39(25-32(3)65-41)56(14)47(60)53-37-17-19-38(20-18-37)54(11)12)33(4)43(34(5)46(59)67-40)68-42-28-49(9,64-15)51(63,36(7)66-42)30-57-23-21-55(13)22-24-57/h17-20,31-36,39-45,52,58,61-63H,16,21-30H2,1-15H3,(H,53,60)/t31-,32-,33+,34-,35-,36+,39-,40-,41+,42+,43+,44-,45-,48-,49-,50-,51+/m1/s1. The lowest BCUT2D eigenvalue weighted by Gasteiger charge is -2.55. The molecule has 6 N–H and O–H groups in total. The van der Waals surface area contributed by atoms with Crippen LogP contribution in [0.1, 0.15) is 101 Å². The lowest BCUT2D eigenvalue weighted by atomic mass is 9.74. The van der Waals surface area contributed by atoms with Gasteiger partial charge in [-0.25, -0.2) is 4.79 Å². The van der Waals surface area contributed by atoms with Crippen molar-refractivity contribution < 1.29 is 58.4 Å². The molecule has 4 aliphatic heterocycles. The van der Waals surface area contributed by atoms with Gasteiger partial charge in [0.25, 0.3) is 0 Å². The second-order valence-corrected chi connectivity index (χ2v) is 22.0. The van der Waals surface area contributed by atoms with E-state index in [1.807, 2.05) is 77.9 Å². The molecule has 4 heterocycles. The zero-order valence-corrected chi connectivity index (χ0v) is 44.4. The van der Waals surface area contributed by atoms with Crippen molar-refractivity contribution >= 4 is 23.4 Å². The number of anilines is 2. The van der Waals surface area contributed by atoms with Crippen molar-refractivity contribution in [2.75, 3.05) is 84.8 Å². The van der Waals surface area contributed by atoms with E-state index >= 15 is 0 Å². The number of amides is 2. The molecule has 0 radical (unpaired) electrons. The fraction of sp³-hybridized carbons (Fsp3) is 0.843. The van der Waals surface area contributed by atoms with Crippen LogP contribution in [0.15, 0.2) is 24.3 Å². The highest BCUT2D eigenvalue weighted by Gasteiger charge is 2.59. The molecule has 1 aromatic carbocycles. The highest BCUT2D eigenvalue weighted by molar-refractivity contribution is 5.89. The fourth-order valence-corrected chi connectivity index (χ4v) is 11.1. The molecule has 18 heteroatoms. The number of nitrogens with zero attached hydrogens (tertiary/aromatic N) is 4. The lowest BCUT2D eigenvalue weighted by molar-refractivity contribution is -0.337. The Morgan fingerprint density at radius 1 is 0.913 bits per heavy atom. The summed E-state index contributed by atoms with van der Waals surface area (Å²) in [7, 11) is 9.32. The zero-order valence-electron chi connectivity index (χ0n) is 44.4. The predicted octanol–water partition coefficient (Wildman–Crippen LogP) is 3.87. The molecule has 4 aliphatic rings. The number of β-amino-alcohol motifs (C(OH)–C–C–N with tert-alkyl or cyclic N) is 1. The maximum absolute atomic E-state index is 14.6. The van der Waals surface area contributed by atoms with Gasteiger partial charge in [0.1, 0.15) is 29.0 Å². The Bertz CT molecular complexity index is 1800. The molecule has 2 amide bonds. The second-order valence-electron chi connectivity index (χ2n) is 22.0. The van der Waals surface area contributed by atoms with Crippen molar-refractivity contribution in [1.82, 2.24) is 20.0 Å². The van der Waals surface area contributed by atoms with Crippen LogP contribution in [0.2, 0.25) is 0 Å². The first-order chi connectivity index (χ1) is 32.2. The van der Waals surface area contributed by atoms with Crippen LogP contribution >= 0.6 is 0 Å². The quantitative estimate of drug-likeness (QED) is 0.174. The molecular formula is C51H90N6O12. The van der Waals surface area contributed by atoms with Crippen molar-refractivity contribution in [3.63, 3.8) is 0 Å². The van der Waals surface area contributed by atoms with Gasteiger partial charge >= 0.3 is 12.0 Å². The summed E-state index contributed by atoms with van der Waals surface area (Å²) in [6, 6.07) is 6.40. The van der Waals surface area contributed by atoms with Crippen molar-refractivity contribution in [3.05, 3.63) is 24.3 Å². The number of rotatable bonds is 11. The Morgan fingerprint density at radius 2 is 1.55 bits per heavy atom. The predicted molar refractivity (Wildman–Crippen MR) is 265 cm³/mol. The minimum atomic E-state index is -1.83. The van der Waals surface area contributed by atoms with Crippen LogP contribution in [0.25, 0.3) is 0 Å². The van der Waals surface area contributed by atoms with Crippen molar-refractivity contribution in [1.29, 1.82) is 0 Å². The number of hydrogen-bond donors (Lipinski definition) is 6. The first kappa shape index (κ1) is 57.2. The van der Waals surface area contributed by atoms with E-state index in [9.17, 15) is 30.0 Å². The molecule has 396 valence electrons. The number of carbonyl (C=O) groups is 2. The average Bonchev–Trinajstić information content (AvgIpc) is 3.29. The topological polar surface area (TPSA) is 207 Å². The highest BCUT2D eigenvalue weighted by atomic mass is 16.7. The van der Waals surface area contributed by atoms with Crippen molar-refractivity contribution in [2.24, 2.45) is 17.8 Å². The Labute approximate surface area is 412 Å². The monoisotopic (exact) mass is 979 g/mol. The molecule has 0 bridgehead atoms. The van der Waals surface area contributed by atoms with E-state index in [1.165, 1.54) is 6.92 Å². The van der Waals surface area contributed by atoms with Crippen LogP contribution in [0.3, 0.4) is 0 Å². The van der Waals surface area contributed by atoms with E-state index in [-0.39, 0.29) is 49.8 Å². The summed E-state index contributed by atoms with van der Waals surface area (Å²) >= 11 is 0. The first-order valence-electron chi connectivity index (χ1n) is 25.3. The number of aliphatic hydroxyl groups excluding tert-OH is 1. The average molecular weight is 979 g/mol. The minimum Gasteiger partial charge on any atom is -0.459 e. The number of benzene rings is 1. The number of esters is 1. The van der Waals surface area contributed by atoms with Gasteiger partial charge in [0.2, 0.25) is 0 Å². The van der Waals surface area contributed by atoms with E-state index in [0.29, 0.717) is 25.2 Å². The molecule has 0 saturated carbocycles. The van der Waals surface area contributed by atoms with Crippen LogP contribution < -0.4 is 15.5 Å². The normalized spacial score (nSPS) is 41.6. The van der Waals surface area contributed by atoms with E-state index in [4.69, 9.17) is 28.4 Å². The Hall–Kier alpha value is -2.72. The van der Waals surface area contributed by atoms with Crippen LogP contribution in [0.4, 0.5) is 16.2 Å². The van der Waals surface area contributed by atoms with Crippen LogP contribution in [-0.2, 0) is 33.2 Å². The van der Waals surface area contributed by atoms with Crippen molar-refractivity contribution in [3.8, 4) is 0 Å². The van der Waals surface area contributed by atoms with E-state index in [0.717, 1.165) is 31.9 Å². The summed E-state index contributed by atoms with van der Waals surface area (Å²) in [5, 5.41) is 55.1. The van der Waals surface area contributed by atoms with Crippen LogP contribution in [0.5, 0.6) is 0 Å².